The highest BCUT2D eigenvalue weighted by molar-refractivity contribution is 6.00. The van der Waals surface area contributed by atoms with Crippen molar-refractivity contribution < 1.29 is 9.90 Å². The van der Waals surface area contributed by atoms with Crippen molar-refractivity contribution in [1.82, 2.24) is 4.90 Å². The van der Waals surface area contributed by atoms with Gasteiger partial charge in [-0.15, -0.1) is 0 Å². The number of nitrogens with zero attached hydrogens (tertiary/aromatic N) is 1. The van der Waals surface area contributed by atoms with Crippen LogP contribution in [0.5, 0.6) is 0 Å². The van der Waals surface area contributed by atoms with Crippen LogP contribution in [-0.4, -0.2) is 41.7 Å². The number of rotatable bonds is 4. The summed E-state index contributed by atoms with van der Waals surface area (Å²) in [5.41, 5.74) is 3.01. The number of aryl methyl sites for hydroxylation is 1. The maximum Gasteiger partial charge on any atom is 0.256 e. The molecule has 0 spiro atoms. The van der Waals surface area contributed by atoms with Gasteiger partial charge in [0.15, 0.2) is 0 Å². The van der Waals surface area contributed by atoms with E-state index in [0.717, 1.165) is 43.5 Å². The third-order valence-corrected chi connectivity index (χ3v) is 4.42. The summed E-state index contributed by atoms with van der Waals surface area (Å²) in [6.45, 7) is 1.40. The molecule has 1 aromatic carbocycles. The fraction of sp³-hybridized carbons (Fsp3) is 0.562. The van der Waals surface area contributed by atoms with Gasteiger partial charge in [0.2, 0.25) is 0 Å². The Balaban J connectivity index is 1.88. The summed E-state index contributed by atoms with van der Waals surface area (Å²) in [6, 6.07) is 6.28. The van der Waals surface area contributed by atoms with Crippen LogP contribution in [0.25, 0.3) is 0 Å². The van der Waals surface area contributed by atoms with E-state index in [1.807, 2.05) is 17.0 Å². The standard InChI is InChI=1S/C16H22N2O2/c19-11-10-18(13-6-2-7-13)16(20)14-8-1-4-12-5-3-9-17-15(12)14/h1,4,8,13,17,19H,2-3,5-7,9-11H2. The SMILES string of the molecule is O=C(c1cccc2c1NCCC2)N(CCO)C1CCC1. The fourth-order valence-electron chi connectivity index (χ4n) is 3.10. The van der Waals surface area contributed by atoms with E-state index in [2.05, 4.69) is 11.4 Å². The van der Waals surface area contributed by atoms with Crippen LogP contribution >= 0.6 is 0 Å². The average molecular weight is 274 g/mol. The molecule has 0 bridgehead atoms. The quantitative estimate of drug-likeness (QED) is 0.883. The molecule has 2 N–H and O–H groups in total. The van der Waals surface area contributed by atoms with Crippen molar-refractivity contribution in [3.63, 3.8) is 0 Å². The maximum atomic E-state index is 12.8. The molecule has 1 heterocycles. The monoisotopic (exact) mass is 274 g/mol. The van der Waals surface area contributed by atoms with Crippen LogP contribution in [-0.2, 0) is 6.42 Å². The van der Waals surface area contributed by atoms with Gasteiger partial charge in [-0.3, -0.25) is 4.79 Å². The van der Waals surface area contributed by atoms with Gasteiger partial charge in [-0.1, -0.05) is 12.1 Å². The molecule has 0 atom stereocenters. The largest absolute Gasteiger partial charge is 0.395 e. The van der Waals surface area contributed by atoms with Gasteiger partial charge in [0, 0.05) is 19.1 Å². The zero-order valence-electron chi connectivity index (χ0n) is 11.8. The summed E-state index contributed by atoms with van der Waals surface area (Å²) in [5.74, 6) is 0.0648. The third kappa shape index (κ3) is 2.40. The first kappa shape index (κ1) is 13.4. The second-order valence-corrected chi connectivity index (χ2v) is 5.68. The van der Waals surface area contributed by atoms with Gasteiger partial charge in [-0.2, -0.15) is 0 Å². The Morgan fingerprint density at radius 2 is 2.20 bits per heavy atom. The van der Waals surface area contributed by atoms with E-state index < -0.39 is 0 Å². The number of hydrogen-bond donors (Lipinski definition) is 2. The Bertz CT molecular complexity index is 497. The summed E-state index contributed by atoms with van der Waals surface area (Å²) in [6.07, 6.45) is 5.47. The first-order valence-corrected chi connectivity index (χ1v) is 7.59. The van der Waals surface area contributed by atoms with Gasteiger partial charge >= 0.3 is 0 Å². The van der Waals surface area contributed by atoms with Gasteiger partial charge in [-0.05, 0) is 43.7 Å². The van der Waals surface area contributed by atoms with E-state index in [4.69, 9.17) is 0 Å². The van der Waals surface area contributed by atoms with Crippen molar-refractivity contribution >= 4 is 11.6 Å². The minimum atomic E-state index is 0.0324. The van der Waals surface area contributed by atoms with Crippen molar-refractivity contribution in [2.45, 2.75) is 38.1 Å². The van der Waals surface area contributed by atoms with E-state index in [0.29, 0.717) is 12.6 Å². The lowest BCUT2D eigenvalue weighted by molar-refractivity contribution is 0.0526. The number of aliphatic hydroxyl groups excluding tert-OH is 1. The number of fused-ring (bicyclic) bond motifs is 1. The van der Waals surface area contributed by atoms with Crippen LogP contribution < -0.4 is 5.32 Å². The number of benzene rings is 1. The lowest BCUT2D eigenvalue weighted by Gasteiger charge is -2.38. The average Bonchev–Trinajstić information content (AvgIpc) is 2.43. The molecule has 4 nitrogen and oxygen atoms in total. The highest BCUT2D eigenvalue weighted by Gasteiger charge is 2.30. The maximum absolute atomic E-state index is 12.8. The summed E-state index contributed by atoms with van der Waals surface area (Å²) in [4.78, 5) is 14.7. The molecule has 108 valence electrons. The Hall–Kier alpha value is -1.55. The Labute approximate surface area is 119 Å². The van der Waals surface area contributed by atoms with Gasteiger partial charge in [0.25, 0.3) is 5.91 Å². The lowest BCUT2D eigenvalue weighted by Crippen LogP contribution is -2.46. The molecular weight excluding hydrogens is 252 g/mol. The Morgan fingerprint density at radius 1 is 1.35 bits per heavy atom. The summed E-state index contributed by atoms with van der Waals surface area (Å²) in [7, 11) is 0. The molecule has 1 fully saturated rings. The lowest BCUT2D eigenvalue weighted by atomic mass is 9.90. The van der Waals surface area contributed by atoms with E-state index in [1.165, 1.54) is 12.0 Å². The Kier molecular flexibility index (Phi) is 3.92. The molecule has 0 aromatic heterocycles. The molecule has 4 heteroatoms. The van der Waals surface area contributed by atoms with Crippen LogP contribution in [0.15, 0.2) is 18.2 Å². The molecule has 1 saturated carbocycles. The minimum absolute atomic E-state index is 0.0324. The number of amides is 1. The number of aliphatic hydroxyl groups is 1. The van der Waals surface area contributed by atoms with Crippen molar-refractivity contribution in [2.75, 3.05) is 25.0 Å². The molecule has 2 aliphatic rings. The van der Waals surface area contributed by atoms with Gasteiger partial charge < -0.3 is 15.3 Å². The van der Waals surface area contributed by atoms with E-state index >= 15 is 0 Å². The third-order valence-electron chi connectivity index (χ3n) is 4.42. The smallest absolute Gasteiger partial charge is 0.256 e. The van der Waals surface area contributed by atoms with Gasteiger partial charge in [-0.25, -0.2) is 0 Å². The van der Waals surface area contributed by atoms with Crippen molar-refractivity contribution in [1.29, 1.82) is 0 Å². The molecule has 20 heavy (non-hydrogen) atoms. The molecule has 3 rings (SSSR count). The van der Waals surface area contributed by atoms with Crippen molar-refractivity contribution in [2.24, 2.45) is 0 Å². The predicted octanol–water partition coefficient (Wildman–Crippen LogP) is 2.03. The van der Waals surface area contributed by atoms with E-state index in [1.54, 1.807) is 0 Å². The van der Waals surface area contributed by atoms with E-state index in [9.17, 15) is 9.90 Å². The molecule has 0 radical (unpaired) electrons. The molecule has 1 amide bonds. The van der Waals surface area contributed by atoms with Crippen LogP contribution in [0.1, 0.15) is 41.6 Å². The molecule has 0 saturated heterocycles. The molecular formula is C16H22N2O2. The second kappa shape index (κ2) is 5.83. The molecule has 0 unspecified atom stereocenters. The predicted molar refractivity (Wildman–Crippen MR) is 79.0 cm³/mol. The number of carbonyl (C=O) groups excluding carboxylic acids is 1. The number of carbonyl (C=O) groups is 1. The topological polar surface area (TPSA) is 52.6 Å². The normalized spacial score (nSPS) is 17.9. The van der Waals surface area contributed by atoms with Gasteiger partial charge in [0.05, 0.1) is 17.9 Å². The Morgan fingerprint density at radius 3 is 2.90 bits per heavy atom. The van der Waals surface area contributed by atoms with Crippen molar-refractivity contribution in [3.05, 3.63) is 29.3 Å². The molecule has 1 aliphatic heterocycles. The van der Waals surface area contributed by atoms with Crippen LogP contribution in [0.4, 0.5) is 5.69 Å². The number of anilines is 1. The number of para-hydroxylation sites is 1. The highest BCUT2D eigenvalue weighted by Crippen LogP contribution is 2.30. The summed E-state index contributed by atoms with van der Waals surface area (Å²) in [5, 5.41) is 12.6. The van der Waals surface area contributed by atoms with E-state index in [-0.39, 0.29) is 12.5 Å². The highest BCUT2D eigenvalue weighted by atomic mass is 16.3. The minimum Gasteiger partial charge on any atom is -0.395 e. The first-order chi connectivity index (χ1) is 9.81. The van der Waals surface area contributed by atoms with Gasteiger partial charge in [0.1, 0.15) is 0 Å². The second-order valence-electron chi connectivity index (χ2n) is 5.68. The fourth-order valence-corrected chi connectivity index (χ4v) is 3.10. The zero-order chi connectivity index (χ0) is 13.9. The number of nitrogens with one attached hydrogen (secondary N) is 1. The van der Waals surface area contributed by atoms with Crippen LogP contribution in [0, 0.1) is 0 Å². The molecule has 1 aromatic rings. The first-order valence-electron chi connectivity index (χ1n) is 7.59. The van der Waals surface area contributed by atoms with Crippen molar-refractivity contribution in [3.8, 4) is 0 Å². The van der Waals surface area contributed by atoms with Crippen LogP contribution in [0.3, 0.4) is 0 Å². The zero-order valence-corrected chi connectivity index (χ0v) is 11.8. The summed E-state index contributed by atoms with van der Waals surface area (Å²) >= 11 is 0. The summed E-state index contributed by atoms with van der Waals surface area (Å²) < 4.78 is 0. The molecule has 1 aliphatic carbocycles. The van der Waals surface area contributed by atoms with Crippen LogP contribution in [0.2, 0.25) is 0 Å². The number of hydrogen-bond acceptors (Lipinski definition) is 3.